The summed E-state index contributed by atoms with van der Waals surface area (Å²) in [5, 5.41) is 7.36. The summed E-state index contributed by atoms with van der Waals surface area (Å²) in [4.78, 5) is 4.47. The van der Waals surface area contributed by atoms with Crippen molar-refractivity contribution in [1.82, 2.24) is 14.8 Å². The first kappa shape index (κ1) is 10.6. The lowest BCUT2D eigenvalue weighted by Gasteiger charge is -1.96. The third-order valence-corrected chi connectivity index (χ3v) is 3.69. The normalized spacial score (nSPS) is 10.9. The molecule has 0 atom stereocenters. The van der Waals surface area contributed by atoms with Gasteiger partial charge in [0.2, 0.25) is 0 Å². The third kappa shape index (κ3) is 1.79. The van der Waals surface area contributed by atoms with Crippen LogP contribution in [0.5, 0.6) is 0 Å². The van der Waals surface area contributed by atoms with Crippen molar-refractivity contribution in [3.63, 3.8) is 0 Å². The predicted molar refractivity (Wildman–Crippen MR) is 63.3 cm³/mol. The molecule has 0 radical (unpaired) electrons. The summed E-state index contributed by atoms with van der Waals surface area (Å²) in [5.41, 5.74) is 4.27. The van der Waals surface area contributed by atoms with Crippen molar-refractivity contribution in [2.45, 2.75) is 19.7 Å². The Kier molecular flexibility index (Phi) is 2.80. The van der Waals surface area contributed by atoms with Gasteiger partial charge in [-0.1, -0.05) is 0 Å². The molecule has 2 heterocycles. The Bertz CT molecular complexity index is 487. The fourth-order valence-corrected chi connectivity index (χ4v) is 2.51. The minimum Gasteiger partial charge on any atom is -0.272 e. The van der Waals surface area contributed by atoms with E-state index in [1.54, 1.807) is 11.3 Å². The van der Waals surface area contributed by atoms with E-state index in [0.29, 0.717) is 5.88 Å². The topological polar surface area (TPSA) is 30.7 Å². The van der Waals surface area contributed by atoms with Crippen molar-refractivity contribution in [3.8, 4) is 11.3 Å². The summed E-state index contributed by atoms with van der Waals surface area (Å²) in [6, 6.07) is 0. The van der Waals surface area contributed by atoms with Crippen LogP contribution in [0.1, 0.15) is 16.4 Å². The molecule has 2 aromatic rings. The molecule has 0 aliphatic rings. The zero-order valence-electron chi connectivity index (χ0n) is 8.91. The molecule has 0 saturated heterocycles. The van der Waals surface area contributed by atoms with Crippen molar-refractivity contribution >= 4 is 22.9 Å². The Morgan fingerprint density at radius 2 is 2.20 bits per heavy atom. The number of hydrogen-bond donors (Lipinski definition) is 0. The molecule has 0 fully saturated rings. The fourth-order valence-electron chi connectivity index (χ4n) is 1.63. The minimum absolute atomic E-state index is 0.475. The van der Waals surface area contributed by atoms with Crippen LogP contribution in [0.15, 0.2) is 5.38 Å². The van der Waals surface area contributed by atoms with Gasteiger partial charge in [0.05, 0.1) is 17.3 Å². The molecule has 0 aliphatic heterocycles. The van der Waals surface area contributed by atoms with Crippen LogP contribution >= 0.6 is 22.9 Å². The van der Waals surface area contributed by atoms with Gasteiger partial charge in [0.15, 0.2) is 0 Å². The average Bonchev–Trinajstić information content (AvgIpc) is 2.74. The van der Waals surface area contributed by atoms with E-state index in [9.17, 15) is 0 Å². The quantitative estimate of drug-likeness (QED) is 0.757. The molecule has 3 nitrogen and oxygen atoms in total. The standard InChI is InChI=1S/C10H12ClN3S/c1-6-10(7(2)14(3)13-6)8-5-15-9(4-11)12-8/h5H,4H2,1-3H3. The minimum atomic E-state index is 0.475. The highest BCUT2D eigenvalue weighted by Crippen LogP contribution is 2.28. The fraction of sp³-hybridized carbons (Fsp3) is 0.400. The first-order chi connectivity index (χ1) is 7.13. The largest absolute Gasteiger partial charge is 0.272 e. The van der Waals surface area contributed by atoms with Crippen LogP contribution in [-0.2, 0) is 12.9 Å². The lowest BCUT2D eigenvalue weighted by Crippen LogP contribution is -1.92. The van der Waals surface area contributed by atoms with Crippen molar-refractivity contribution in [2.24, 2.45) is 7.05 Å². The van der Waals surface area contributed by atoms with E-state index in [1.807, 2.05) is 24.0 Å². The van der Waals surface area contributed by atoms with Crippen LogP contribution < -0.4 is 0 Å². The highest BCUT2D eigenvalue weighted by molar-refractivity contribution is 7.10. The highest BCUT2D eigenvalue weighted by atomic mass is 35.5. The maximum Gasteiger partial charge on any atom is 0.108 e. The summed E-state index contributed by atoms with van der Waals surface area (Å²) < 4.78 is 1.88. The Balaban J connectivity index is 2.53. The number of rotatable bonds is 2. The zero-order valence-corrected chi connectivity index (χ0v) is 10.5. The molecule has 0 bridgehead atoms. The van der Waals surface area contributed by atoms with Gasteiger partial charge in [-0.05, 0) is 13.8 Å². The van der Waals surface area contributed by atoms with Crippen LogP contribution in [0.4, 0.5) is 0 Å². The molecule has 5 heteroatoms. The maximum absolute atomic E-state index is 5.74. The SMILES string of the molecule is Cc1nn(C)c(C)c1-c1csc(CCl)n1. The molecular formula is C10H12ClN3S. The second kappa shape index (κ2) is 3.94. The van der Waals surface area contributed by atoms with Gasteiger partial charge in [-0.2, -0.15) is 5.10 Å². The monoisotopic (exact) mass is 241 g/mol. The maximum atomic E-state index is 5.74. The summed E-state index contributed by atoms with van der Waals surface area (Å²) in [6.45, 7) is 4.05. The molecule has 2 aromatic heterocycles. The number of hydrogen-bond acceptors (Lipinski definition) is 3. The summed E-state index contributed by atoms with van der Waals surface area (Å²) in [5.74, 6) is 0.475. The van der Waals surface area contributed by atoms with Gasteiger partial charge in [0, 0.05) is 23.7 Å². The number of thiazole rings is 1. The summed E-state index contributed by atoms with van der Waals surface area (Å²) in [6.07, 6.45) is 0. The Morgan fingerprint density at radius 3 is 2.67 bits per heavy atom. The second-order valence-electron chi connectivity index (χ2n) is 3.43. The van der Waals surface area contributed by atoms with Crippen LogP contribution in [0.25, 0.3) is 11.3 Å². The molecule has 0 aromatic carbocycles. The molecule has 0 saturated carbocycles. The van der Waals surface area contributed by atoms with E-state index in [1.165, 1.54) is 0 Å². The first-order valence-electron chi connectivity index (χ1n) is 4.64. The number of alkyl halides is 1. The molecule has 80 valence electrons. The lowest BCUT2D eigenvalue weighted by atomic mass is 10.1. The molecule has 15 heavy (non-hydrogen) atoms. The van der Waals surface area contributed by atoms with Crippen LogP contribution in [0.3, 0.4) is 0 Å². The number of halogens is 1. The van der Waals surface area contributed by atoms with E-state index in [2.05, 4.69) is 17.0 Å². The molecule has 0 N–H and O–H groups in total. The van der Waals surface area contributed by atoms with E-state index in [-0.39, 0.29) is 0 Å². The van der Waals surface area contributed by atoms with Gasteiger partial charge < -0.3 is 0 Å². The van der Waals surface area contributed by atoms with Gasteiger partial charge >= 0.3 is 0 Å². The summed E-state index contributed by atoms with van der Waals surface area (Å²) >= 11 is 7.33. The molecule has 2 rings (SSSR count). The van der Waals surface area contributed by atoms with Crippen LogP contribution in [-0.4, -0.2) is 14.8 Å². The molecule has 0 spiro atoms. The average molecular weight is 242 g/mol. The first-order valence-corrected chi connectivity index (χ1v) is 6.06. The Labute approximate surface area is 97.7 Å². The van der Waals surface area contributed by atoms with Gasteiger partial charge in [0.1, 0.15) is 5.01 Å². The third-order valence-electron chi connectivity index (χ3n) is 2.43. The van der Waals surface area contributed by atoms with Crippen molar-refractivity contribution < 1.29 is 0 Å². The molecule has 0 unspecified atom stereocenters. The van der Waals surface area contributed by atoms with Gasteiger partial charge in [-0.3, -0.25) is 4.68 Å². The number of nitrogens with zero attached hydrogens (tertiary/aromatic N) is 3. The second-order valence-corrected chi connectivity index (χ2v) is 4.64. The van der Waals surface area contributed by atoms with E-state index in [4.69, 9.17) is 11.6 Å². The van der Waals surface area contributed by atoms with Gasteiger partial charge in [0.25, 0.3) is 0 Å². The zero-order chi connectivity index (χ0) is 11.0. The van der Waals surface area contributed by atoms with E-state index < -0.39 is 0 Å². The molecule has 0 aliphatic carbocycles. The van der Waals surface area contributed by atoms with Crippen LogP contribution in [0, 0.1) is 13.8 Å². The Morgan fingerprint density at radius 1 is 1.47 bits per heavy atom. The molecule has 0 amide bonds. The van der Waals surface area contributed by atoms with Gasteiger partial charge in [-0.15, -0.1) is 22.9 Å². The van der Waals surface area contributed by atoms with Crippen molar-refractivity contribution in [3.05, 3.63) is 21.8 Å². The van der Waals surface area contributed by atoms with Gasteiger partial charge in [-0.25, -0.2) is 4.98 Å². The van der Waals surface area contributed by atoms with Crippen molar-refractivity contribution in [2.75, 3.05) is 0 Å². The van der Waals surface area contributed by atoms with E-state index in [0.717, 1.165) is 27.7 Å². The predicted octanol–water partition coefficient (Wildman–Crippen LogP) is 2.90. The lowest BCUT2D eigenvalue weighted by molar-refractivity contribution is 0.731. The number of aromatic nitrogens is 3. The van der Waals surface area contributed by atoms with Crippen LogP contribution in [0.2, 0.25) is 0 Å². The van der Waals surface area contributed by atoms with Crippen molar-refractivity contribution in [1.29, 1.82) is 0 Å². The highest BCUT2D eigenvalue weighted by Gasteiger charge is 2.14. The number of aryl methyl sites for hydroxylation is 2. The molecular weight excluding hydrogens is 230 g/mol. The van der Waals surface area contributed by atoms with E-state index >= 15 is 0 Å². The summed E-state index contributed by atoms with van der Waals surface area (Å²) in [7, 11) is 1.95. The Hall–Kier alpha value is -0.870. The smallest absolute Gasteiger partial charge is 0.108 e.